The normalized spacial score (nSPS) is 16.2. The number of aromatic nitrogens is 1. The summed E-state index contributed by atoms with van der Waals surface area (Å²) in [5.74, 6) is 0. The summed E-state index contributed by atoms with van der Waals surface area (Å²) in [6.07, 6.45) is -4.30. The molecule has 136 valence electrons. The molecule has 2 aromatic rings. The Balaban J connectivity index is 1.48. The van der Waals surface area contributed by atoms with Crippen molar-refractivity contribution in [2.24, 2.45) is 0 Å². The third kappa shape index (κ3) is 4.64. The van der Waals surface area contributed by atoms with Gasteiger partial charge in [0, 0.05) is 38.4 Å². The van der Waals surface area contributed by atoms with Crippen LogP contribution in [0.2, 0.25) is 0 Å². The lowest BCUT2D eigenvalue weighted by Gasteiger charge is -2.36. The van der Waals surface area contributed by atoms with Crippen molar-refractivity contribution < 1.29 is 17.9 Å². The van der Waals surface area contributed by atoms with Gasteiger partial charge in [0.2, 0.25) is 0 Å². The maximum Gasteiger partial charge on any atom is 0.416 e. The molecule has 0 amide bonds. The third-order valence-corrected chi connectivity index (χ3v) is 5.09. The van der Waals surface area contributed by atoms with E-state index in [0.29, 0.717) is 25.4 Å². The molecule has 1 aromatic carbocycles. The van der Waals surface area contributed by atoms with E-state index in [1.165, 1.54) is 23.5 Å². The van der Waals surface area contributed by atoms with Gasteiger partial charge >= 0.3 is 6.18 Å². The monoisotopic (exact) mass is 371 g/mol. The summed E-state index contributed by atoms with van der Waals surface area (Å²) in [5, 5.41) is 0.850. The molecule has 8 heteroatoms. The zero-order chi connectivity index (χ0) is 17.9. The molecule has 25 heavy (non-hydrogen) atoms. The Kier molecular flexibility index (Phi) is 5.48. The summed E-state index contributed by atoms with van der Waals surface area (Å²) in [6.45, 7) is 6.34. The van der Waals surface area contributed by atoms with E-state index in [-0.39, 0.29) is 0 Å². The van der Waals surface area contributed by atoms with E-state index in [9.17, 15) is 13.2 Å². The first kappa shape index (κ1) is 18.0. The molecule has 0 unspecified atom stereocenters. The number of hydrogen-bond acceptors (Lipinski definition) is 5. The Morgan fingerprint density at radius 2 is 1.96 bits per heavy atom. The zero-order valence-corrected chi connectivity index (χ0v) is 14.7. The van der Waals surface area contributed by atoms with Gasteiger partial charge in [-0.2, -0.15) is 13.2 Å². The molecule has 1 fully saturated rings. The number of hydrogen-bond donors (Lipinski definition) is 0. The van der Waals surface area contributed by atoms with Crippen LogP contribution in [-0.2, 0) is 6.18 Å². The van der Waals surface area contributed by atoms with Crippen molar-refractivity contribution in [3.05, 3.63) is 41.0 Å². The molecule has 1 aromatic heterocycles. The van der Waals surface area contributed by atoms with Crippen molar-refractivity contribution in [3.8, 4) is 5.06 Å². The fourth-order valence-corrected chi connectivity index (χ4v) is 3.49. The number of halogens is 3. The van der Waals surface area contributed by atoms with Gasteiger partial charge in [0.25, 0.3) is 0 Å². The SMILES string of the molecule is Cc1ncsc1OCCN1CCN(c2cccc(C(F)(F)F)c2)CC1. The molecule has 0 bridgehead atoms. The van der Waals surface area contributed by atoms with Crippen molar-refractivity contribution in [2.45, 2.75) is 13.1 Å². The van der Waals surface area contributed by atoms with Gasteiger partial charge < -0.3 is 9.64 Å². The van der Waals surface area contributed by atoms with E-state index >= 15 is 0 Å². The highest BCUT2D eigenvalue weighted by Crippen LogP contribution is 2.31. The lowest BCUT2D eigenvalue weighted by molar-refractivity contribution is -0.137. The van der Waals surface area contributed by atoms with Crippen LogP contribution in [-0.4, -0.2) is 49.2 Å². The van der Waals surface area contributed by atoms with E-state index in [2.05, 4.69) is 9.88 Å². The Bertz CT molecular complexity index is 696. The summed E-state index contributed by atoms with van der Waals surface area (Å²) >= 11 is 1.49. The lowest BCUT2D eigenvalue weighted by atomic mass is 10.1. The molecule has 1 aliphatic rings. The molecule has 0 N–H and O–H groups in total. The number of benzene rings is 1. The zero-order valence-electron chi connectivity index (χ0n) is 13.9. The number of piperazine rings is 1. The Morgan fingerprint density at radius 3 is 2.60 bits per heavy atom. The fraction of sp³-hybridized carbons (Fsp3) is 0.471. The van der Waals surface area contributed by atoms with Crippen LogP contribution in [0.15, 0.2) is 29.8 Å². The van der Waals surface area contributed by atoms with Crippen LogP contribution in [0.5, 0.6) is 5.06 Å². The summed E-state index contributed by atoms with van der Waals surface area (Å²) in [7, 11) is 0. The standard InChI is InChI=1S/C17H20F3N3OS/c1-13-16(25-12-21-13)24-10-9-22-5-7-23(8-6-22)15-4-2-3-14(11-15)17(18,19)20/h2-4,11-12H,5-10H2,1H3. The highest BCUT2D eigenvalue weighted by Gasteiger charge is 2.31. The van der Waals surface area contributed by atoms with E-state index in [1.54, 1.807) is 11.6 Å². The fourth-order valence-electron chi connectivity index (χ4n) is 2.81. The Morgan fingerprint density at radius 1 is 1.20 bits per heavy atom. The van der Waals surface area contributed by atoms with Gasteiger partial charge in [-0.3, -0.25) is 4.90 Å². The lowest BCUT2D eigenvalue weighted by Crippen LogP contribution is -2.47. The second kappa shape index (κ2) is 7.61. The maximum absolute atomic E-state index is 12.8. The van der Waals surface area contributed by atoms with Gasteiger partial charge in [0.1, 0.15) is 6.61 Å². The summed E-state index contributed by atoms with van der Waals surface area (Å²) in [6, 6.07) is 5.54. The minimum absolute atomic E-state index is 0.590. The van der Waals surface area contributed by atoms with Crippen LogP contribution in [0, 0.1) is 6.92 Å². The number of nitrogens with zero attached hydrogens (tertiary/aromatic N) is 3. The Hall–Kier alpha value is -1.80. The van der Waals surface area contributed by atoms with Crippen LogP contribution in [0.1, 0.15) is 11.3 Å². The first-order valence-electron chi connectivity index (χ1n) is 8.11. The quantitative estimate of drug-likeness (QED) is 0.802. The number of aryl methyl sites for hydroxylation is 1. The second-order valence-corrected chi connectivity index (χ2v) is 6.77. The molecule has 3 rings (SSSR count). The topological polar surface area (TPSA) is 28.6 Å². The molecular weight excluding hydrogens is 351 g/mol. The third-order valence-electron chi connectivity index (χ3n) is 4.25. The number of thiazole rings is 1. The molecule has 0 atom stereocenters. The van der Waals surface area contributed by atoms with Gasteiger partial charge in [-0.05, 0) is 25.1 Å². The van der Waals surface area contributed by atoms with E-state index in [1.807, 2.05) is 11.8 Å². The largest absolute Gasteiger partial charge is 0.481 e. The van der Waals surface area contributed by atoms with Crippen LogP contribution in [0.3, 0.4) is 0 Å². The second-order valence-electron chi connectivity index (χ2n) is 5.95. The summed E-state index contributed by atoms with van der Waals surface area (Å²) < 4.78 is 44.2. The van der Waals surface area contributed by atoms with Crippen molar-refractivity contribution >= 4 is 17.0 Å². The number of ether oxygens (including phenoxy) is 1. The van der Waals surface area contributed by atoms with E-state index < -0.39 is 11.7 Å². The first-order valence-corrected chi connectivity index (χ1v) is 8.99. The number of alkyl halides is 3. The molecule has 0 aliphatic carbocycles. The minimum atomic E-state index is -4.30. The van der Waals surface area contributed by atoms with Crippen LogP contribution < -0.4 is 9.64 Å². The summed E-state index contributed by atoms with van der Waals surface area (Å²) in [4.78, 5) is 8.41. The molecule has 2 heterocycles. The Labute approximate surface area is 148 Å². The van der Waals surface area contributed by atoms with Crippen LogP contribution in [0.4, 0.5) is 18.9 Å². The predicted octanol–water partition coefficient (Wildman–Crippen LogP) is 3.67. The first-order chi connectivity index (χ1) is 11.9. The maximum atomic E-state index is 12.8. The van der Waals surface area contributed by atoms with Crippen molar-refractivity contribution in [1.29, 1.82) is 0 Å². The smallest absolute Gasteiger partial charge is 0.416 e. The summed E-state index contributed by atoms with van der Waals surface area (Å²) in [5.41, 5.74) is 2.70. The average molecular weight is 371 g/mol. The van der Waals surface area contributed by atoms with E-state index in [4.69, 9.17) is 4.74 Å². The van der Waals surface area contributed by atoms with Crippen molar-refractivity contribution in [2.75, 3.05) is 44.2 Å². The highest BCUT2D eigenvalue weighted by atomic mass is 32.1. The average Bonchev–Trinajstić information content (AvgIpc) is 3.00. The molecule has 4 nitrogen and oxygen atoms in total. The minimum Gasteiger partial charge on any atom is -0.481 e. The van der Waals surface area contributed by atoms with Crippen molar-refractivity contribution in [1.82, 2.24) is 9.88 Å². The van der Waals surface area contributed by atoms with Gasteiger partial charge in [0.15, 0.2) is 5.06 Å². The van der Waals surface area contributed by atoms with Crippen LogP contribution in [0.25, 0.3) is 0 Å². The van der Waals surface area contributed by atoms with Gasteiger partial charge in [-0.25, -0.2) is 4.98 Å². The molecule has 1 aliphatic heterocycles. The molecule has 0 radical (unpaired) electrons. The van der Waals surface area contributed by atoms with E-state index in [0.717, 1.165) is 36.5 Å². The van der Waals surface area contributed by atoms with Crippen LogP contribution >= 0.6 is 11.3 Å². The number of rotatable bonds is 5. The molecule has 0 spiro atoms. The molecule has 0 saturated carbocycles. The predicted molar refractivity (Wildman–Crippen MR) is 92.4 cm³/mol. The van der Waals surface area contributed by atoms with Gasteiger partial charge in [-0.15, -0.1) is 0 Å². The highest BCUT2D eigenvalue weighted by molar-refractivity contribution is 7.11. The molecule has 1 saturated heterocycles. The van der Waals surface area contributed by atoms with Crippen molar-refractivity contribution in [3.63, 3.8) is 0 Å². The molecular formula is C17H20F3N3OS. The van der Waals surface area contributed by atoms with Gasteiger partial charge in [-0.1, -0.05) is 17.4 Å². The van der Waals surface area contributed by atoms with Gasteiger partial charge in [0.05, 0.1) is 16.8 Å². The number of anilines is 1.